The van der Waals surface area contributed by atoms with Crippen LogP contribution < -0.4 is 5.32 Å². The topological polar surface area (TPSA) is 130 Å². The molecule has 0 aromatic heterocycles. The molecule has 1 amide bonds. The number of allylic oxidation sites excluding steroid dienone is 2. The van der Waals surface area contributed by atoms with Crippen LogP contribution >= 0.6 is 0 Å². The number of fused-ring (bicyclic) bond motifs is 7. The molecule has 41 heavy (non-hydrogen) atoms. The van der Waals surface area contributed by atoms with Gasteiger partial charge in [0.2, 0.25) is 0 Å². The van der Waals surface area contributed by atoms with Crippen molar-refractivity contribution in [3.8, 4) is 0 Å². The SMILES string of the molecule is CCNC(=O)O[C@H]1CC[C@@]2(C)[C@@H](CC[C@]3(C)[C@@H]2C(=O)C=C2[C@@H]4C[C@@](C)(C(=O)O)CC[C@]4(C)CC[C@]23C)[C@]1(C)C(=O)O. The Kier molecular flexibility index (Phi) is 6.83. The van der Waals surface area contributed by atoms with E-state index in [4.69, 9.17) is 4.74 Å². The molecule has 5 aliphatic carbocycles. The molecule has 0 heterocycles. The van der Waals surface area contributed by atoms with Crippen LogP contribution in [0.2, 0.25) is 0 Å². The summed E-state index contributed by atoms with van der Waals surface area (Å²) < 4.78 is 5.73. The van der Waals surface area contributed by atoms with Crippen LogP contribution in [0.5, 0.6) is 0 Å². The Labute approximate surface area is 244 Å². The lowest BCUT2D eigenvalue weighted by atomic mass is 9.33. The van der Waals surface area contributed by atoms with Crippen molar-refractivity contribution in [2.75, 3.05) is 6.54 Å². The number of carboxylic acids is 2. The molecule has 4 saturated carbocycles. The first-order valence-corrected chi connectivity index (χ1v) is 15.6. The molecule has 5 aliphatic rings. The number of alkyl carbamates (subject to hydrolysis) is 1. The Morgan fingerprint density at radius 1 is 0.927 bits per heavy atom. The van der Waals surface area contributed by atoms with E-state index in [2.05, 4.69) is 33.0 Å². The maximum Gasteiger partial charge on any atom is 0.407 e. The van der Waals surface area contributed by atoms with Crippen LogP contribution in [0.15, 0.2) is 11.6 Å². The van der Waals surface area contributed by atoms with E-state index in [0.717, 1.165) is 24.8 Å². The normalized spacial score (nSPS) is 48.9. The maximum atomic E-state index is 14.5. The Hall–Kier alpha value is -2.38. The third-order valence-electron chi connectivity index (χ3n) is 13.7. The summed E-state index contributed by atoms with van der Waals surface area (Å²) in [6.45, 7) is 14.7. The Morgan fingerprint density at radius 3 is 2.20 bits per heavy atom. The van der Waals surface area contributed by atoms with Gasteiger partial charge in [-0.05, 0) is 118 Å². The lowest BCUT2D eigenvalue weighted by Gasteiger charge is -2.70. The molecule has 8 heteroatoms. The predicted molar refractivity (Wildman–Crippen MR) is 153 cm³/mol. The van der Waals surface area contributed by atoms with Crippen LogP contribution in [-0.2, 0) is 19.1 Å². The van der Waals surface area contributed by atoms with Crippen molar-refractivity contribution in [2.24, 2.45) is 50.2 Å². The molecule has 228 valence electrons. The van der Waals surface area contributed by atoms with Crippen LogP contribution in [-0.4, -0.2) is 46.7 Å². The van der Waals surface area contributed by atoms with Crippen LogP contribution in [0.25, 0.3) is 0 Å². The fourth-order valence-electron chi connectivity index (χ4n) is 10.8. The van der Waals surface area contributed by atoms with Gasteiger partial charge in [0.25, 0.3) is 0 Å². The number of hydrogen-bond acceptors (Lipinski definition) is 5. The van der Waals surface area contributed by atoms with Crippen molar-refractivity contribution in [1.82, 2.24) is 5.32 Å². The van der Waals surface area contributed by atoms with Gasteiger partial charge in [-0.15, -0.1) is 0 Å². The van der Waals surface area contributed by atoms with Gasteiger partial charge in [0, 0.05) is 12.5 Å². The van der Waals surface area contributed by atoms with Crippen molar-refractivity contribution >= 4 is 23.8 Å². The molecule has 4 fully saturated rings. The third-order valence-corrected chi connectivity index (χ3v) is 13.7. The summed E-state index contributed by atoms with van der Waals surface area (Å²) in [7, 11) is 0. The fraction of sp³-hybridized carbons (Fsp3) is 0.818. The predicted octanol–water partition coefficient (Wildman–Crippen LogP) is 6.23. The van der Waals surface area contributed by atoms with E-state index >= 15 is 0 Å². The van der Waals surface area contributed by atoms with E-state index in [0.29, 0.717) is 45.1 Å². The molecule has 8 nitrogen and oxygen atoms in total. The maximum absolute atomic E-state index is 14.5. The quantitative estimate of drug-likeness (QED) is 0.365. The van der Waals surface area contributed by atoms with Crippen molar-refractivity contribution < 1.29 is 34.1 Å². The largest absolute Gasteiger partial charge is 0.481 e. The number of carbonyl (C=O) groups is 4. The minimum absolute atomic E-state index is 0.0266. The van der Waals surface area contributed by atoms with E-state index < -0.39 is 40.4 Å². The molecule has 0 spiro atoms. The Bertz CT molecular complexity index is 1210. The lowest BCUT2D eigenvalue weighted by Crippen LogP contribution is -2.68. The summed E-state index contributed by atoms with van der Waals surface area (Å²) >= 11 is 0. The molecule has 0 bridgehead atoms. The molecule has 3 N–H and O–H groups in total. The van der Waals surface area contributed by atoms with Gasteiger partial charge in [-0.2, -0.15) is 0 Å². The van der Waals surface area contributed by atoms with Gasteiger partial charge in [0.1, 0.15) is 11.5 Å². The number of aliphatic carboxylic acids is 2. The summed E-state index contributed by atoms with van der Waals surface area (Å²) in [4.78, 5) is 52.2. The molecule has 5 rings (SSSR count). The second-order valence-electron chi connectivity index (χ2n) is 15.6. The second-order valence-corrected chi connectivity index (χ2v) is 15.6. The zero-order chi connectivity index (χ0) is 30.4. The minimum atomic E-state index is -1.32. The molecular weight excluding hydrogens is 522 g/mol. The summed E-state index contributed by atoms with van der Waals surface area (Å²) in [5.41, 5.74) is -2.26. The lowest BCUT2D eigenvalue weighted by molar-refractivity contribution is -0.214. The average Bonchev–Trinajstić information content (AvgIpc) is 2.88. The number of carbonyl (C=O) groups excluding carboxylic acids is 2. The molecule has 0 aromatic rings. The molecule has 0 aliphatic heterocycles. The number of ether oxygens (including phenoxy) is 1. The smallest absolute Gasteiger partial charge is 0.407 e. The summed E-state index contributed by atoms with van der Waals surface area (Å²) in [6, 6.07) is 0. The molecule has 0 aromatic carbocycles. The first-order valence-electron chi connectivity index (χ1n) is 15.6. The van der Waals surface area contributed by atoms with E-state index in [1.54, 1.807) is 13.8 Å². The molecule has 0 saturated heterocycles. The van der Waals surface area contributed by atoms with Gasteiger partial charge in [0.15, 0.2) is 5.78 Å². The molecular formula is C33H49NO7. The van der Waals surface area contributed by atoms with Gasteiger partial charge in [-0.3, -0.25) is 14.4 Å². The Morgan fingerprint density at radius 2 is 1.59 bits per heavy atom. The van der Waals surface area contributed by atoms with Crippen LogP contribution in [0, 0.1) is 50.2 Å². The van der Waals surface area contributed by atoms with Crippen molar-refractivity contribution in [1.29, 1.82) is 0 Å². The van der Waals surface area contributed by atoms with Crippen LogP contribution in [0.3, 0.4) is 0 Å². The number of carboxylic acid groups (broad SMARTS) is 2. The zero-order valence-corrected chi connectivity index (χ0v) is 25.9. The first-order chi connectivity index (χ1) is 18.9. The number of nitrogens with one attached hydrogen (secondary N) is 1. The van der Waals surface area contributed by atoms with Crippen molar-refractivity contribution in [3.63, 3.8) is 0 Å². The Balaban J connectivity index is 1.57. The zero-order valence-electron chi connectivity index (χ0n) is 25.9. The fourth-order valence-corrected chi connectivity index (χ4v) is 10.8. The molecule has 0 radical (unpaired) electrons. The summed E-state index contributed by atoms with van der Waals surface area (Å²) in [5, 5.41) is 23.4. The third kappa shape index (κ3) is 3.90. The van der Waals surface area contributed by atoms with E-state index in [1.165, 1.54) is 0 Å². The van der Waals surface area contributed by atoms with Gasteiger partial charge in [0.05, 0.1) is 5.41 Å². The monoisotopic (exact) mass is 571 g/mol. The second kappa shape index (κ2) is 9.31. The van der Waals surface area contributed by atoms with E-state index in [1.807, 2.05) is 13.0 Å². The van der Waals surface area contributed by atoms with Crippen molar-refractivity contribution in [3.05, 3.63) is 11.6 Å². The highest BCUT2D eigenvalue weighted by Gasteiger charge is 2.72. The minimum Gasteiger partial charge on any atom is -0.481 e. The van der Waals surface area contributed by atoms with Crippen molar-refractivity contribution in [2.45, 2.75) is 112 Å². The average molecular weight is 572 g/mol. The number of rotatable bonds is 4. The van der Waals surface area contributed by atoms with Gasteiger partial charge in [-0.1, -0.05) is 33.3 Å². The highest BCUT2D eigenvalue weighted by atomic mass is 16.6. The molecule has 10 atom stereocenters. The summed E-state index contributed by atoms with van der Waals surface area (Å²) in [5.74, 6) is -2.33. The highest BCUT2D eigenvalue weighted by Crippen LogP contribution is 2.75. The first kappa shape index (κ1) is 30.1. The number of amides is 1. The number of ketones is 1. The molecule has 0 unspecified atom stereocenters. The van der Waals surface area contributed by atoms with Crippen LogP contribution in [0.4, 0.5) is 4.79 Å². The van der Waals surface area contributed by atoms with Gasteiger partial charge >= 0.3 is 18.0 Å². The standard InChI is InChI=1S/C33H49NO7/c1-8-34-27(40)41-23-10-11-30(4)22(33(23,7)26(38)39)9-12-32(6)24(30)21(35)17-19-20-18-29(3,25(36)37)14-13-28(20,2)15-16-31(19,32)5/h17,20,22-24H,8-16,18H2,1-7H3,(H,34,40)(H,36,37)(H,38,39)/t20-,22+,23-,24+,28+,29-,30-,31+,32+,33-/m0/s1. The van der Waals surface area contributed by atoms with Gasteiger partial charge in [-0.25, -0.2) is 4.79 Å². The van der Waals surface area contributed by atoms with Gasteiger partial charge < -0.3 is 20.3 Å². The van der Waals surface area contributed by atoms with Crippen LogP contribution in [0.1, 0.15) is 106 Å². The number of hydrogen-bond donors (Lipinski definition) is 3. The highest BCUT2D eigenvalue weighted by molar-refractivity contribution is 5.96. The van der Waals surface area contributed by atoms with E-state index in [-0.39, 0.29) is 39.8 Å². The summed E-state index contributed by atoms with van der Waals surface area (Å²) in [6.07, 6.45) is 6.80. The van der Waals surface area contributed by atoms with E-state index in [9.17, 15) is 29.4 Å².